The molecule has 6 heteroatoms. The number of rotatable bonds is 5. The lowest BCUT2D eigenvalue weighted by Crippen LogP contribution is -2.38. The Bertz CT molecular complexity index is 488. The van der Waals surface area contributed by atoms with E-state index < -0.39 is 0 Å². The van der Waals surface area contributed by atoms with Crippen molar-refractivity contribution in [1.82, 2.24) is 4.90 Å². The van der Waals surface area contributed by atoms with Gasteiger partial charge in [-0.25, -0.2) is 0 Å². The van der Waals surface area contributed by atoms with Crippen molar-refractivity contribution in [2.75, 3.05) is 37.8 Å². The summed E-state index contributed by atoms with van der Waals surface area (Å²) in [7, 11) is 1.75. The number of nitrogens with zero attached hydrogens (tertiary/aromatic N) is 1. The van der Waals surface area contributed by atoms with E-state index in [0.717, 1.165) is 32.5 Å². The standard InChI is InChI=1S/C15H22ClN3O2/c1-21-12-4-7-19(8-5-12)9-6-15(20)18-14-3-2-11(17)10-13(14)16/h2-3,10,12H,4-9,17H2,1H3,(H,18,20). The molecule has 116 valence electrons. The van der Waals surface area contributed by atoms with E-state index >= 15 is 0 Å². The van der Waals surface area contributed by atoms with Gasteiger partial charge in [0.25, 0.3) is 0 Å². The Hall–Kier alpha value is -1.30. The van der Waals surface area contributed by atoms with Crippen LogP contribution in [0.5, 0.6) is 0 Å². The zero-order valence-electron chi connectivity index (χ0n) is 12.3. The predicted molar refractivity (Wildman–Crippen MR) is 85.6 cm³/mol. The lowest BCUT2D eigenvalue weighted by molar-refractivity contribution is -0.116. The molecule has 1 fully saturated rings. The number of ether oxygens (including phenoxy) is 1. The van der Waals surface area contributed by atoms with Crippen LogP contribution >= 0.6 is 11.6 Å². The molecule has 1 saturated heterocycles. The van der Waals surface area contributed by atoms with Gasteiger partial charge in [-0.2, -0.15) is 0 Å². The maximum absolute atomic E-state index is 12.0. The molecule has 0 bridgehead atoms. The van der Waals surface area contributed by atoms with Gasteiger partial charge >= 0.3 is 0 Å². The highest BCUT2D eigenvalue weighted by atomic mass is 35.5. The Kier molecular flexibility index (Phi) is 5.85. The molecule has 21 heavy (non-hydrogen) atoms. The topological polar surface area (TPSA) is 67.6 Å². The van der Waals surface area contributed by atoms with Crippen LogP contribution in [0.1, 0.15) is 19.3 Å². The van der Waals surface area contributed by atoms with Crippen molar-refractivity contribution in [2.24, 2.45) is 0 Å². The number of hydrogen-bond acceptors (Lipinski definition) is 4. The molecule has 0 aliphatic carbocycles. The van der Waals surface area contributed by atoms with E-state index in [9.17, 15) is 4.79 Å². The monoisotopic (exact) mass is 311 g/mol. The van der Waals surface area contributed by atoms with Crippen LogP contribution in [0.15, 0.2) is 18.2 Å². The normalized spacial score (nSPS) is 16.9. The first kappa shape index (κ1) is 16.1. The number of halogens is 1. The maximum atomic E-state index is 12.0. The summed E-state index contributed by atoms with van der Waals surface area (Å²) in [5.74, 6) is -0.0319. The lowest BCUT2D eigenvalue weighted by atomic mass is 10.1. The number of piperidine rings is 1. The molecule has 1 aromatic rings. The molecule has 0 radical (unpaired) electrons. The number of methoxy groups -OCH3 is 1. The van der Waals surface area contributed by atoms with Gasteiger partial charge in [-0.05, 0) is 31.0 Å². The number of anilines is 2. The van der Waals surface area contributed by atoms with Crippen molar-refractivity contribution in [3.8, 4) is 0 Å². The van der Waals surface area contributed by atoms with Crippen LogP contribution in [0.25, 0.3) is 0 Å². The summed E-state index contributed by atoms with van der Waals surface area (Å²) in [5, 5.41) is 3.28. The summed E-state index contributed by atoms with van der Waals surface area (Å²) in [6.07, 6.45) is 2.88. The van der Waals surface area contributed by atoms with Gasteiger partial charge in [0.15, 0.2) is 0 Å². The number of carbonyl (C=O) groups is 1. The summed E-state index contributed by atoms with van der Waals surface area (Å²) in [4.78, 5) is 14.3. The first-order chi connectivity index (χ1) is 10.1. The molecule has 0 atom stereocenters. The van der Waals surface area contributed by atoms with E-state index in [4.69, 9.17) is 22.1 Å². The van der Waals surface area contributed by atoms with Gasteiger partial charge in [-0.3, -0.25) is 4.79 Å². The lowest BCUT2D eigenvalue weighted by Gasteiger charge is -2.30. The third kappa shape index (κ3) is 4.88. The number of nitrogens with one attached hydrogen (secondary N) is 1. The minimum absolute atomic E-state index is 0.0319. The third-order valence-corrected chi connectivity index (χ3v) is 4.10. The molecule has 0 saturated carbocycles. The summed E-state index contributed by atoms with van der Waals surface area (Å²) < 4.78 is 5.34. The number of benzene rings is 1. The smallest absolute Gasteiger partial charge is 0.225 e. The van der Waals surface area contributed by atoms with Crippen LogP contribution in [0.4, 0.5) is 11.4 Å². The fourth-order valence-electron chi connectivity index (χ4n) is 2.47. The van der Waals surface area contributed by atoms with E-state index in [1.54, 1.807) is 25.3 Å². The van der Waals surface area contributed by atoms with Gasteiger partial charge < -0.3 is 20.7 Å². The average Bonchev–Trinajstić information content (AvgIpc) is 2.48. The van der Waals surface area contributed by atoms with Gasteiger partial charge in [-0.1, -0.05) is 11.6 Å². The zero-order valence-corrected chi connectivity index (χ0v) is 13.0. The Morgan fingerprint density at radius 3 is 2.81 bits per heavy atom. The van der Waals surface area contributed by atoms with Crippen molar-refractivity contribution in [3.05, 3.63) is 23.2 Å². The Morgan fingerprint density at radius 1 is 1.48 bits per heavy atom. The van der Waals surface area contributed by atoms with Gasteiger partial charge in [0.05, 0.1) is 16.8 Å². The quantitative estimate of drug-likeness (QED) is 0.819. The van der Waals surface area contributed by atoms with E-state index in [1.807, 2.05) is 0 Å². The fraction of sp³-hybridized carbons (Fsp3) is 0.533. The highest BCUT2D eigenvalue weighted by Crippen LogP contribution is 2.24. The SMILES string of the molecule is COC1CCN(CCC(=O)Nc2ccc(N)cc2Cl)CC1. The summed E-state index contributed by atoms with van der Waals surface area (Å²) in [5.41, 5.74) is 6.81. The molecule has 5 nitrogen and oxygen atoms in total. The van der Waals surface area contributed by atoms with E-state index in [2.05, 4.69) is 10.2 Å². The zero-order chi connectivity index (χ0) is 15.2. The van der Waals surface area contributed by atoms with Crippen molar-refractivity contribution >= 4 is 28.9 Å². The van der Waals surface area contributed by atoms with Gasteiger partial charge in [0.1, 0.15) is 0 Å². The van der Waals surface area contributed by atoms with Crippen LogP contribution in [-0.4, -0.2) is 43.7 Å². The molecule has 1 aromatic carbocycles. The minimum atomic E-state index is -0.0319. The van der Waals surface area contributed by atoms with Crippen LogP contribution in [0.3, 0.4) is 0 Å². The van der Waals surface area contributed by atoms with Crippen LogP contribution in [0, 0.1) is 0 Å². The Labute approximate surface area is 130 Å². The summed E-state index contributed by atoms with van der Waals surface area (Å²) in [6, 6.07) is 5.07. The van der Waals surface area contributed by atoms with Crippen molar-refractivity contribution < 1.29 is 9.53 Å². The van der Waals surface area contributed by atoms with Gasteiger partial charge in [0.2, 0.25) is 5.91 Å². The van der Waals surface area contributed by atoms with Gasteiger partial charge in [-0.15, -0.1) is 0 Å². The Balaban J connectivity index is 1.75. The van der Waals surface area contributed by atoms with E-state index in [0.29, 0.717) is 28.9 Å². The van der Waals surface area contributed by atoms with E-state index in [-0.39, 0.29) is 5.91 Å². The number of hydrogen-bond donors (Lipinski definition) is 2. The fourth-order valence-corrected chi connectivity index (χ4v) is 2.71. The third-order valence-electron chi connectivity index (χ3n) is 3.79. The summed E-state index contributed by atoms with van der Waals surface area (Å²) in [6.45, 7) is 2.72. The second kappa shape index (κ2) is 7.64. The predicted octanol–water partition coefficient (Wildman–Crippen LogP) is 2.36. The molecule has 0 aromatic heterocycles. The number of nitrogen functional groups attached to an aromatic ring is 1. The second-order valence-electron chi connectivity index (χ2n) is 5.31. The summed E-state index contributed by atoms with van der Waals surface area (Å²) >= 11 is 6.04. The first-order valence-electron chi connectivity index (χ1n) is 7.18. The number of nitrogens with two attached hydrogens (primary N) is 1. The molecule has 1 amide bonds. The minimum Gasteiger partial charge on any atom is -0.399 e. The molecule has 3 N–H and O–H groups in total. The van der Waals surface area contributed by atoms with Crippen LogP contribution in [0.2, 0.25) is 5.02 Å². The molecule has 1 heterocycles. The highest BCUT2D eigenvalue weighted by Gasteiger charge is 2.19. The van der Waals surface area contributed by atoms with Crippen LogP contribution < -0.4 is 11.1 Å². The number of carbonyl (C=O) groups excluding carboxylic acids is 1. The molecule has 2 rings (SSSR count). The number of likely N-dealkylation sites (tertiary alicyclic amines) is 1. The van der Waals surface area contributed by atoms with Crippen molar-refractivity contribution in [1.29, 1.82) is 0 Å². The molecular formula is C15H22ClN3O2. The number of amides is 1. The molecule has 0 spiro atoms. The van der Waals surface area contributed by atoms with Crippen molar-refractivity contribution in [3.63, 3.8) is 0 Å². The highest BCUT2D eigenvalue weighted by molar-refractivity contribution is 6.34. The van der Waals surface area contributed by atoms with Crippen molar-refractivity contribution in [2.45, 2.75) is 25.4 Å². The molecule has 1 aliphatic heterocycles. The average molecular weight is 312 g/mol. The van der Waals surface area contributed by atoms with Gasteiger partial charge in [0, 0.05) is 38.9 Å². The molecule has 0 unspecified atom stereocenters. The van der Waals surface area contributed by atoms with E-state index in [1.165, 1.54) is 0 Å². The van der Waals surface area contributed by atoms with Crippen LogP contribution in [-0.2, 0) is 9.53 Å². The second-order valence-corrected chi connectivity index (χ2v) is 5.72. The molecule has 1 aliphatic rings. The maximum Gasteiger partial charge on any atom is 0.225 e. The molecular weight excluding hydrogens is 290 g/mol. The Morgan fingerprint density at radius 2 is 2.19 bits per heavy atom. The largest absolute Gasteiger partial charge is 0.399 e. The first-order valence-corrected chi connectivity index (χ1v) is 7.56.